The van der Waals surface area contributed by atoms with Crippen LogP contribution in [0.15, 0.2) is 77.7 Å². The molecular formula is C29H25ClFN5O5S. The highest BCUT2D eigenvalue weighted by atomic mass is 35.5. The highest BCUT2D eigenvalue weighted by molar-refractivity contribution is 7.89. The van der Waals surface area contributed by atoms with Crippen LogP contribution in [0.1, 0.15) is 18.5 Å². The molecule has 1 saturated heterocycles. The fraction of sp³-hybridized carbons (Fsp3) is 0.207. The maximum absolute atomic E-state index is 13.4. The Labute approximate surface area is 246 Å². The van der Waals surface area contributed by atoms with Crippen molar-refractivity contribution in [1.29, 1.82) is 0 Å². The van der Waals surface area contributed by atoms with E-state index in [-0.39, 0.29) is 30.7 Å². The van der Waals surface area contributed by atoms with Gasteiger partial charge < -0.3 is 20.1 Å². The normalized spacial score (nSPS) is 16.4. The van der Waals surface area contributed by atoms with Crippen LogP contribution in [0, 0.1) is 5.82 Å². The van der Waals surface area contributed by atoms with E-state index in [1.54, 1.807) is 36.4 Å². The van der Waals surface area contributed by atoms with Gasteiger partial charge in [0.15, 0.2) is 11.5 Å². The number of fused-ring (bicyclic) bond motifs is 1. The van der Waals surface area contributed by atoms with E-state index in [1.807, 2.05) is 12.1 Å². The molecule has 0 aliphatic carbocycles. The lowest BCUT2D eigenvalue weighted by molar-refractivity contribution is -0.124. The van der Waals surface area contributed by atoms with Crippen molar-refractivity contribution < 1.29 is 27.1 Å². The number of carbonyl (C=O) groups is 1. The van der Waals surface area contributed by atoms with Gasteiger partial charge >= 0.3 is 0 Å². The van der Waals surface area contributed by atoms with E-state index in [2.05, 4.69) is 20.6 Å². The zero-order chi connectivity index (χ0) is 29.3. The standard InChI is InChI=1S/C29H25ClFN5O5S/c30-19-4-8-21(9-5-19)33-29-34-22(15-24(35-29)18-3-12-26-27(14-18)41-17-40-26)16-32-28(37)25-2-1-13-36(25)42(38,39)23-10-6-20(31)7-11-23/h3-12,14-15,25H,1-2,13,16-17H2,(H,32,37)(H,33,34,35). The topological polar surface area (TPSA) is 123 Å². The quantitative estimate of drug-likeness (QED) is 0.290. The van der Waals surface area contributed by atoms with Gasteiger partial charge in [0.1, 0.15) is 11.9 Å². The minimum Gasteiger partial charge on any atom is -0.454 e. The van der Waals surface area contributed by atoms with Crippen LogP contribution in [-0.4, -0.2) is 48.0 Å². The Morgan fingerprint density at radius 1 is 1.00 bits per heavy atom. The molecule has 13 heteroatoms. The van der Waals surface area contributed by atoms with E-state index in [0.29, 0.717) is 46.4 Å². The number of benzene rings is 3. The van der Waals surface area contributed by atoms with Crippen molar-refractivity contribution in [3.63, 3.8) is 0 Å². The molecule has 2 aliphatic heterocycles. The number of aromatic nitrogens is 2. The van der Waals surface area contributed by atoms with Crippen LogP contribution >= 0.6 is 11.6 Å². The van der Waals surface area contributed by atoms with Crippen molar-refractivity contribution in [3.8, 4) is 22.8 Å². The smallest absolute Gasteiger partial charge is 0.243 e. The maximum atomic E-state index is 13.4. The van der Waals surface area contributed by atoms with E-state index in [1.165, 1.54) is 16.4 Å². The third-order valence-corrected chi connectivity index (χ3v) is 9.09. The zero-order valence-corrected chi connectivity index (χ0v) is 23.7. The third kappa shape index (κ3) is 5.87. The molecule has 1 unspecified atom stereocenters. The summed E-state index contributed by atoms with van der Waals surface area (Å²) in [6, 6.07) is 17.9. The van der Waals surface area contributed by atoms with Crippen LogP contribution in [0.5, 0.6) is 11.5 Å². The minimum absolute atomic E-state index is 0.0230. The first kappa shape index (κ1) is 27.9. The fourth-order valence-electron chi connectivity index (χ4n) is 4.84. The van der Waals surface area contributed by atoms with E-state index < -0.39 is 27.8 Å². The first-order valence-electron chi connectivity index (χ1n) is 13.1. The summed E-state index contributed by atoms with van der Waals surface area (Å²) in [6.07, 6.45) is 0.886. The van der Waals surface area contributed by atoms with Crippen LogP contribution in [0.4, 0.5) is 16.0 Å². The first-order valence-corrected chi connectivity index (χ1v) is 14.9. The van der Waals surface area contributed by atoms with Crippen molar-refractivity contribution in [2.45, 2.75) is 30.3 Å². The Kier molecular flexibility index (Phi) is 7.67. The van der Waals surface area contributed by atoms with Gasteiger partial charge in [0.2, 0.25) is 28.7 Å². The van der Waals surface area contributed by atoms with Gasteiger partial charge in [0.25, 0.3) is 0 Å². The number of rotatable bonds is 8. The second-order valence-electron chi connectivity index (χ2n) is 9.71. The first-order chi connectivity index (χ1) is 20.3. The summed E-state index contributed by atoms with van der Waals surface area (Å²) < 4.78 is 51.9. The molecule has 4 aromatic rings. The SMILES string of the molecule is O=C(NCc1cc(-c2ccc3c(c2)OCO3)nc(Nc2ccc(Cl)cc2)n1)C1CCCN1S(=O)(=O)c1ccc(F)cc1. The zero-order valence-electron chi connectivity index (χ0n) is 22.1. The second-order valence-corrected chi connectivity index (χ2v) is 12.0. The molecule has 1 fully saturated rings. The number of carbonyl (C=O) groups excluding carboxylic acids is 1. The predicted molar refractivity (Wildman–Crippen MR) is 153 cm³/mol. The average molecular weight is 610 g/mol. The molecule has 0 spiro atoms. The van der Waals surface area contributed by atoms with Crippen LogP contribution in [0.25, 0.3) is 11.3 Å². The molecule has 216 valence electrons. The monoisotopic (exact) mass is 609 g/mol. The van der Waals surface area contributed by atoms with E-state index in [4.69, 9.17) is 21.1 Å². The van der Waals surface area contributed by atoms with Gasteiger partial charge in [0, 0.05) is 22.8 Å². The number of nitrogens with one attached hydrogen (secondary N) is 2. The highest BCUT2D eigenvalue weighted by Crippen LogP contribution is 2.36. The Morgan fingerprint density at radius 2 is 1.76 bits per heavy atom. The van der Waals surface area contributed by atoms with Gasteiger partial charge in [-0.1, -0.05) is 11.6 Å². The summed E-state index contributed by atoms with van der Waals surface area (Å²) in [5.41, 5.74) is 2.53. The van der Waals surface area contributed by atoms with E-state index in [0.717, 1.165) is 17.7 Å². The Morgan fingerprint density at radius 3 is 2.55 bits per heavy atom. The number of ether oxygens (including phenoxy) is 2. The molecule has 0 saturated carbocycles. The molecule has 3 aromatic carbocycles. The summed E-state index contributed by atoms with van der Waals surface area (Å²) in [5, 5.41) is 6.58. The molecule has 1 atom stereocenters. The van der Waals surface area contributed by atoms with Crippen molar-refractivity contribution >= 4 is 39.2 Å². The predicted octanol–water partition coefficient (Wildman–Crippen LogP) is 4.88. The molecule has 10 nitrogen and oxygen atoms in total. The number of hydrogen-bond acceptors (Lipinski definition) is 8. The van der Waals surface area contributed by atoms with Gasteiger partial charge in [0.05, 0.1) is 22.8 Å². The van der Waals surface area contributed by atoms with Crippen molar-refractivity contribution in [3.05, 3.63) is 89.3 Å². The molecule has 42 heavy (non-hydrogen) atoms. The summed E-state index contributed by atoms with van der Waals surface area (Å²) in [5.74, 6) is 0.527. The average Bonchev–Trinajstić information content (AvgIpc) is 3.67. The Hall–Kier alpha value is -4.26. The van der Waals surface area contributed by atoms with Gasteiger partial charge in [-0.3, -0.25) is 4.79 Å². The second kappa shape index (κ2) is 11.6. The number of halogens is 2. The fourth-order valence-corrected chi connectivity index (χ4v) is 6.62. The van der Waals surface area contributed by atoms with Gasteiger partial charge in [-0.25, -0.2) is 22.8 Å². The van der Waals surface area contributed by atoms with Crippen molar-refractivity contribution in [2.24, 2.45) is 0 Å². The number of sulfonamides is 1. The van der Waals surface area contributed by atoms with Crippen molar-refractivity contribution in [2.75, 3.05) is 18.7 Å². The molecule has 6 rings (SSSR count). The molecule has 1 amide bonds. The molecular weight excluding hydrogens is 585 g/mol. The van der Waals surface area contributed by atoms with Crippen LogP contribution in [-0.2, 0) is 21.4 Å². The van der Waals surface area contributed by atoms with E-state index in [9.17, 15) is 17.6 Å². The number of anilines is 2. The lowest BCUT2D eigenvalue weighted by atomic mass is 10.1. The number of nitrogens with zero attached hydrogens (tertiary/aromatic N) is 3. The Bertz CT molecular complexity index is 1740. The number of hydrogen-bond donors (Lipinski definition) is 2. The highest BCUT2D eigenvalue weighted by Gasteiger charge is 2.39. The molecule has 0 radical (unpaired) electrons. The molecule has 1 aromatic heterocycles. The lowest BCUT2D eigenvalue weighted by Crippen LogP contribution is -2.45. The van der Waals surface area contributed by atoms with Gasteiger partial charge in [-0.2, -0.15) is 4.31 Å². The molecule has 3 heterocycles. The minimum atomic E-state index is -3.99. The van der Waals surface area contributed by atoms with E-state index >= 15 is 0 Å². The molecule has 2 N–H and O–H groups in total. The lowest BCUT2D eigenvalue weighted by Gasteiger charge is -2.23. The summed E-state index contributed by atoms with van der Waals surface area (Å²) >= 11 is 6.02. The maximum Gasteiger partial charge on any atom is 0.243 e. The third-order valence-electron chi connectivity index (χ3n) is 6.92. The van der Waals surface area contributed by atoms with Crippen LogP contribution in [0.2, 0.25) is 5.02 Å². The molecule has 0 bridgehead atoms. The largest absolute Gasteiger partial charge is 0.454 e. The van der Waals surface area contributed by atoms with Gasteiger partial charge in [-0.05, 0) is 85.6 Å². The summed E-state index contributed by atoms with van der Waals surface area (Å²) in [6.45, 7) is 0.349. The van der Waals surface area contributed by atoms with Crippen LogP contribution in [0.3, 0.4) is 0 Å². The van der Waals surface area contributed by atoms with Crippen LogP contribution < -0.4 is 20.1 Å². The number of amides is 1. The Balaban J connectivity index is 1.24. The van der Waals surface area contributed by atoms with Gasteiger partial charge in [-0.15, -0.1) is 0 Å². The summed E-state index contributed by atoms with van der Waals surface area (Å²) in [4.78, 5) is 22.4. The molecule has 2 aliphatic rings. The summed E-state index contributed by atoms with van der Waals surface area (Å²) in [7, 11) is -3.99. The van der Waals surface area contributed by atoms with Crippen molar-refractivity contribution in [1.82, 2.24) is 19.6 Å².